The predicted octanol–water partition coefficient (Wildman–Crippen LogP) is 3.27. The number of ether oxygens (including phenoxy) is 1. The van der Waals surface area contributed by atoms with Gasteiger partial charge in [-0.3, -0.25) is 5.32 Å². The smallest absolute Gasteiger partial charge is 0.379 e. The van der Waals surface area contributed by atoms with Crippen LogP contribution in [-0.4, -0.2) is 67.9 Å². The van der Waals surface area contributed by atoms with Gasteiger partial charge in [0.05, 0.1) is 37.3 Å². The van der Waals surface area contributed by atoms with Crippen molar-refractivity contribution in [3.8, 4) is 5.69 Å². The highest BCUT2D eigenvalue weighted by Crippen LogP contribution is 2.27. The fourth-order valence-corrected chi connectivity index (χ4v) is 6.05. The van der Waals surface area contributed by atoms with E-state index < -0.39 is 22.3 Å². The zero-order valence-corrected chi connectivity index (χ0v) is 26.1. The Labute approximate surface area is 257 Å². The van der Waals surface area contributed by atoms with Crippen molar-refractivity contribution in [2.24, 2.45) is 0 Å². The van der Waals surface area contributed by atoms with Crippen LogP contribution in [0.2, 0.25) is 0 Å². The van der Waals surface area contributed by atoms with Crippen molar-refractivity contribution in [3.63, 3.8) is 0 Å². The fraction of sp³-hybridized carbons (Fsp3) is 0.323. The maximum atomic E-state index is 13.2. The molecule has 4 N–H and O–H groups in total. The Balaban J connectivity index is 1.34. The number of rotatable bonds is 7. The van der Waals surface area contributed by atoms with E-state index in [0.717, 1.165) is 22.0 Å². The number of carbonyl (C=O) groups is 2. The van der Waals surface area contributed by atoms with Gasteiger partial charge in [0.2, 0.25) is 0 Å². The van der Waals surface area contributed by atoms with Gasteiger partial charge < -0.3 is 10.1 Å². The fourth-order valence-electron chi connectivity index (χ4n) is 4.88. The minimum absolute atomic E-state index is 0.195. The lowest BCUT2D eigenvalue weighted by molar-refractivity contribution is -0.807. The van der Waals surface area contributed by atoms with Gasteiger partial charge in [-0.15, -0.1) is 0 Å². The van der Waals surface area contributed by atoms with Crippen LogP contribution in [0.4, 0.5) is 21.1 Å². The summed E-state index contributed by atoms with van der Waals surface area (Å²) in [7, 11) is -2.36. The van der Waals surface area contributed by atoms with E-state index in [1.165, 1.54) is 4.31 Å². The van der Waals surface area contributed by atoms with E-state index in [2.05, 4.69) is 15.4 Å². The molecule has 0 saturated carbocycles. The molecule has 0 radical (unpaired) electrons. The summed E-state index contributed by atoms with van der Waals surface area (Å²) in [6, 6.07) is 21.7. The molecule has 1 saturated heterocycles. The number of nitrogens with one attached hydrogen (secondary N) is 4. The maximum absolute atomic E-state index is 13.2. The molecule has 0 spiro atoms. The quantitative estimate of drug-likeness (QED) is 0.250. The zero-order valence-electron chi connectivity index (χ0n) is 25.3. The Morgan fingerprint density at radius 2 is 1.66 bits per heavy atom. The predicted molar refractivity (Wildman–Crippen MR) is 169 cm³/mol. The third-order valence-electron chi connectivity index (χ3n) is 7.30. The molecule has 0 aliphatic carbocycles. The van der Waals surface area contributed by atoms with Crippen molar-refractivity contribution in [1.82, 2.24) is 18.8 Å². The minimum Gasteiger partial charge on any atom is -0.379 e. The molecule has 1 aromatic heterocycles. The first kappa shape index (κ1) is 31.1. The Kier molecular flexibility index (Phi) is 9.02. The monoisotopic (exact) mass is 620 g/mol. The number of quaternary nitrogens is 1. The van der Waals surface area contributed by atoms with Crippen molar-refractivity contribution < 1.29 is 27.6 Å². The van der Waals surface area contributed by atoms with Crippen LogP contribution in [0.3, 0.4) is 0 Å². The largest absolute Gasteiger partial charge is 0.429 e. The van der Waals surface area contributed by atoms with Crippen LogP contribution in [0.25, 0.3) is 16.5 Å². The van der Waals surface area contributed by atoms with Crippen LogP contribution in [-0.2, 0) is 26.9 Å². The lowest BCUT2D eigenvalue weighted by Crippen LogP contribution is -3.12. The number of nitrogens with zero attached hydrogens (tertiary/aromatic N) is 3. The number of anilines is 2. The second-order valence-corrected chi connectivity index (χ2v) is 13.4. The van der Waals surface area contributed by atoms with Gasteiger partial charge in [0.15, 0.2) is 0 Å². The summed E-state index contributed by atoms with van der Waals surface area (Å²) in [6.45, 7) is 7.30. The first-order valence-electron chi connectivity index (χ1n) is 14.4. The Bertz CT molecular complexity index is 1770. The first-order chi connectivity index (χ1) is 20.9. The number of hydrogen-bond acceptors (Lipinski definition) is 6. The molecule has 232 valence electrons. The van der Waals surface area contributed by atoms with Crippen molar-refractivity contribution >= 4 is 44.5 Å². The van der Waals surface area contributed by atoms with E-state index in [1.54, 1.807) is 11.7 Å². The maximum Gasteiger partial charge on any atom is 0.429 e. The van der Waals surface area contributed by atoms with Gasteiger partial charge in [-0.05, 0) is 23.6 Å². The van der Waals surface area contributed by atoms with Crippen LogP contribution in [0, 0.1) is 0 Å². The normalized spacial score (nSPS) is 15.1. The van der Waals surface area contributed by atoms with Gasteiger partial charge in [-0.2, -0.15) is 22.5 Å². The summed E-state index contributed by atoms with van der Waals surface area (Å²) in [5.74, 6) is 0.472. The van der Waals surface area contributed by atoms with Gasteiger partial charge in [-0.1, -0.05) is 69.3 Å². The lowest BCUT2D eigenvalue weighted by atomic mass is 9.92. The average molecular weight is 621 g/mol. The summed E-state index contributed by atoms with van der Waals surface area (Å²) in [5.41, 5.74) is 2.62. The third kappa shape index (κ3) is 7.25. The molecule has 1 unspecified atom stereocenters. The molecule has 13 heteroatoms. The van der Waals surface area contributed by atoms with E-state index in [-0.39, 0.29) is 38.3 Å². The number of hydrogen-bond donors (Lipinski definition) is 4. The van der Waals surface area contributed by atoms with Crippen molar-refractivity contribution in [1.29, 1.82) is 0 Å². The van der Waals surface area contributed by atoms with E-state index >= 15 is 0 Å². The van der Waals surface area contributed by atoms with Gasteiger partial charge in [-0.25, -0.2) is 19.2 Å². The zero-order chi connectivity index (χ0) is 31.5. The van der Waals surface area contributed by atoms with Gasteiger partial charge in [0, 0.05) is 35.5 Å². The second-order valence-electron chi connectivity index (χ2n) is 11.8. The Hall–Kier alpha value is -4.30. The molecule has 1 fully saturated rings. The van der Waals surface area contributed by atoms with Crippen molar-refractivity contribution in [3.05, 3.63) is 84.1 Å². The minimum atomic E-state index is -3.96. The molecule has 2 heterocycles. The third-order valence-corrected chi connectivity index (χ3v) is 8.79. The molecule has 1 aliphatic heterocycles. The molecule has 1 atom stereocenters. The van der Waals surface area contributed by atoms with E-state index in [0.29, 0.717) is 22.1 Å². The highest BCUT2D eigenvalue weighted by Gasteiger charge is 2.29. The summed E-state index contributed by atoms with van der Waals surface area (Å²) in [6.07, 6.45) is 0. The number of amides is 4. The van der Waals surface area contributed by atoms with E-state index in [9.17, 15) is 18.0 Å². The molecule has 12 nitrogen and oxygen atoms in total. The summed E-state index contributed by atoms with van der Waals surface area (Å²) >= 11 is 0. The molecule has 44 heavy (non-hydrogen) atoms. The SMILES string of the molecule is C[NH+](Cc1cccc(-n2nc(C(C)(C)C)cc2NC(=O)Nc2cccc3ccccc23)c1)C(=O)NS(=O)(=O)N1CCOCC1. The number of carbonyl (C=O) groups excluding carboxylic acids is 2. The number of fused-ring (bicyclic) bond motifs is 1. The topological polar surface area (TPSA) is 139 Å². The summed E-state index contributed by atoms with van der Waals surface area (Å²) in [4.78, 5) is 26.4. The first-order valence-corrected chi connectivity index (χ1v) is 15.8. The molecule has 0 bridgehead atoms. The van der Waals surface area contributed by atoms with Crippen molar-refractivity contribution in [2.45, 2.75) is 32.7 Å². The molecular formula is C31H38N7O5S+. The Morgan fingerprint density at radius 3 is 2.41 bits per heavy atom. The van der Waals surface area contributed by atoms with Gasteiger partial charge in [0.1, 0.15) is 12.4 Å². The summed E-state index contributed by atoms with van der Waals surface area (Å²) in [5, 5.41) is 12.7. The molecular weight excluding hydrogens is 582 g/mol. The van der Waals surface area contributed by atoms with Gasteiger partial charge in [0.25, 0.3) is 0 Å². The highest BCUT2D eigenvalue weighted by molar-refractivity contribution is 7.87. The number of morpholine rings is 1. The van der Waals surface area contributed by atoms with Crippen molar-refractivity contribution in [2.75, 3.05) is 44.0 Å². The average Bonchev–Trinajstić information content (AvgIpc) is 3.42. The molecule has 3 aromatic carbocycles. The number of urea groups is 2. The Morgan fingerprint density at radius 1 is 0.955 bits per heavy atom. The highest BCUT2D eigenvalue weighted by atomic mass is 32.2. The second kappa shape index (κ2) is 12.7. The van der Waals surface area contributed by atoms with Crippen LogP contribution in [0.5, 0.6) is 0 Å². The number of benzene rings is 3. The van der Waals surface area contributed by atoms with E-state index in [1.807, 2.05) is 93.6 Å². The van der Waals surface area contributed by atoms with Crippen LogP contribution in [0.15, 0.2) is 72.8 Å². The van der Waals surface area contributed by atoms with Gasteiger partial charge >= 0.3 is 22.3 Å². The molecule has 4 aromatic rings. The molecule has 4 amide bonds. The van der Waals surface area contributed by atoms with Crippen LogP contribution >= 0.6 is 0 Å². The molecule has 5 rings (SSSR count). The molecule has 1 aliphatic rings. The standard InChI is InChI=1S/C31H37N7O5S/c1-31(2,3)27-20-28(33-29(39)32-26-14-8-11-23-10-5-6-13-25(23)26)38(34-27)24-12-7-9-22(19-24)21-36(4)30(40)35-44(41,42)37-15-17-43-18-16-37/h5-14,19-20H,15-18,21H2,1-4H3,(H,35,40)(H2,32,33,39)/p+1. The van der Waals surface area contributed by atoms with Crippen LogP contribution < -0.4 is 20.3 Å². The van der Waals surface area contributed by atoms with E-state index in [4.69, 9.17) is 9.84 Å². The van der Waals surface area contributed by atoms with Crippen LogP contribution in [0.1, 0.15) is 32.0 Å². The summed E-state index contributed by atoms with van der Waals surface area (Å²) < 4.78 is 35.5. The lowest BCUT2D eigenvalue weighted by Gasteiger charge is -2.26. The number of aromatic nitrogens is 2.